The predicted octanol–water partition coefficient (Wildman–Crippen LogP) is 2.04. The first-order valence-electron chi connectivity index (χ1n) is 5.08. The summed E-state index contributed by atoms with van der Waals surface area (Å²) in [5.41, 5.74) is -0.376. The minimum atomic E-state index is -1.29. The third-order valence-electron chi connectivity index (χ3n) is 1.95. The molecule has 0 atom stereocenters. The van der Waals surface area contributed by atoms with E-state index in [4.69, 9.17) is 0 Å². The highest BCUT2D eigenvalue weighted by molar-refractivity contribution is 5.92. The number of carbonyl (C=O) groups is 1. The zero-order chi connectivity index (χ0) is 13.0. The molecular weight excluding hydrogens is 233 g/mol. The highest BCUT2D eigenvalue weighted by Crippen LogP contribution is 2.18. The molecule has 0 aliphatic carbocycles. The summed E-state index contributed by atoms with van der Waals surface area (Å²) in [4.78, 5) is 11.3. The average Bonchev–Trinajstić information content (AvgIpc) is 2.23. The summed E-state index contributed by atoms with van der Waals surface area (Å²) in [6.45, 7) is 3.65. The Hall–Kier alpha value is -1.56. The van der Waals surface area contributed by atoms with Gasteiger partial charge in [0.2, 0.25) is 5.91 Å². The second kappa shape index (κ2) is 5.67. The molecule has 1 aromatic carbocycles. The summed E-state index contributed by atoms with van der Waals surface area (Å²) >= 11 is 0. The van der Waals surface area contributed by atoms with E-state index in [-0.39, 0.29) is 18.3 Å². The lowest BCUT2D eigenvalue weighted by Crippen LogP contribution is -2.32. The van der Waals surface area contributed by atoms with Crippen LogP contribution in [0.5, 0.6) is 0 Å². The molecule has 0 aliphatic heterocycles. The number of nitrogens with one attached hydrogen (secondary N) is 2. The maximum atomic E-state index is 13.1. The SMILES string of the molecule is CC(C)NCC(=O)Nc1cc(F)c(F)cc1F. The molecule has 0 aromatic heterocycles. The lowest BCUT2D eigenvalue weighted by atomic mass is 10.2. The van der Waals surface area contributed by atoms with Crippen LogP contribution < -0.4 is 10.6 Å². The molecule has 3 nitrogen and oxygen atoms in total. The van der Waals surface area contributed by atoms with Gasteiger partial charge >= 0.3 is 0 Å². The minimum Gasteiger partial charge on any atom is -0.322 e. The van der Waals surface area contributed by atoms with E-state index < -0.39 is 23.4 Å². The molecule has 17 heavy (non-hydrogen) atoms. The number of amides is 1. The Morgan fingerprint density at radius 2 is 1.76 bits per heavy atom. The number of benzene rings is 1. The van der Waals surface area contributed by atoms with E-state index >= 15 is 0 Å². The van der Waals surface area contributed by atoms with Crippen LogP contribution in [0.15, 0.2) is 12.1 Å². The molecule has 1 aromatic rings. The van der Waals surface area contributed by atoms with Crippen LogP contribution in [0.3, 0.4) is 0 Å². The molecule has 0 radical (unpaired) electrons. The van der Waals surface area contributed by atoms with E-state index in [0.717, 1.165) is 0 Å². The van der Waals surface area contributed by atoms with Gasteiger partial charge in [-0.1, -0.05) is 13.8 Å². The first-order valence-corrected chi connectivity index (χ1v) is 5.08. The van der Waals surface area contributed by atoms with E-state index in [2.05, 4.69) is 10.6 Å². The molecule has 0 aliphatic rings. The third-order valence-corrected chi connectivity index (χ3v) is 1.95. The van der Waals surface area contributed by atoms with Crippen LogP contribution in [-0.4, -0.2) is 18.5 Å². The lowest BCUT2D eigenvalue weighted by molar-refractivity contribution is -0.115. The standard InChI is InChI=1S/C11H13F3N2O/c1-6(2)15-5-11(17)16-10-4-8(13)7(12)3-9(10)14/h3-4,6,15H,5H2,1-2H3,(H,16,17). The van der Waals surface area contributed by atoms with E-state index in [1.54, 1.807) is 0 Å². The molecule has 0 fully saturated rings. The zero-order valence-electron chi connectivity index (χ0n) is 9.48. The molecule has 0 saturated heterocycles. The average molecular weight is 246 g/mol. The minimum absolute atomic E-state index is 0.0316. The van der Waals surface area contributed by atoms with Crippen molar-refractivity contribution in [1.29, 1.82) is 0 Å². The zero-order valence-corrected chi connectivity index (χ0v) is 9.48. The fourth-order valence-electron chi connectivity index (χ4n) is 1.11. The molecule has 1 amide bonds. The van der Waals surface area contributed by atoms with Crippen molar-refractivity contribution in [3.05, 3.63) is 29.6 Å². The van der Waals surface area contributed by atoms with E-state index in [0.29, 0.717) is 12.1 Å². The molecule has 0 unspecified atom stereocenters. The van der Waals surface area contributed by atoms with Crippen molar-refractivity contribution in [3.8, 4) is 0 Å². The summed E-state index contributed by atoms with van der Waals surface area (Å²) in [7, 11) is 0. The van der Waals surface area contributed by atoms with Crippen molar-refractivity contribution in [2.75, 3.05) is 11.9 Å². The molecule has 0 saturated carbocycles. The van der Waals surface area contributed by atoms with Crippen LogP contribution in [-0.2, 0) is 4.79 Å². The highest BCUT2D eigenvalue weighted by Gasteiger charge is 2.12. The molecule has 1 rings (SSSR count). The van der Waals surface area contributed by atoms with Crippen molar-refractivity contribution in [1.82, 2.24) is 5.32 Å². The topological polar surface area (TPSA) is 41.1 Å². The van der Waals surface area contributed by atoms with Gasteiger partial charge in [0, 0.05) is 18.2 Å². The number of carbonyl (C=O) groups excluding carboxylic acids is 1. The Labute approximate surface area is 97.0 Å². The van der Waals surface area contributed by atoms with E-state index in [9.17, 15) is 18.0 Å². The van der Waals surface area contributed by atoms with Crippen molar-refractivity contribution in [2.45, 2.75) is 19.9 Å². The van der Waals surface area contributed by atoms with Crippen LogP contribution >= 0.6 is 0 Å². The van der Waals surface area contributed by atoms with Gasteiger partial charge in [-0.2, -0.15) is 0 Å². The predicted molar refractivity (Wildman–Crippen MR) is 58.1 cm³/mol. The van der Waals surface area contributed by atoms with Gasteiger partial charge in [-0.15, -0.1) is 0 Å². The Balaban J connectivity index is 2.68. The van der Waals surface area contributed by atoms with Crippen molar-refractivity contribution in [2.24, 2.45) is 0 Å². The van der Waals surface area contributed by atoms with Gasteiger partial charge in [0.05, 0.1) is 12.2 Å². The fourth-order valence-corrected chi connectivity index (χ4v) is 1.11. The summed E-state index contributed by atoms with van der Waals surface area (Å²) in [5, 5.41) is 4.96. The molecular formula is C11H13F3N2O. The number of rotatable bonds is 4. The number of halogens is 3. The third kappa shape index (κ3) is 4.07. The van der Waals surface area contributed by atoms with Crippen molar-refractivity contribution >= 4 is 11.6 Å². The van der Waals surface area contributed by atoms with Crippen LogP contribution in [0.25, 0.3) is 0 Å². The number of hydrogen-bond donors (Lipinski definition) is 2. The monoisotopic (exact) mass is 246 g/mol. The van der Waals surface area contributed by atoms with Crippen molar-refractivity contribution < 1.29 is 18.0 Å². The summed E-state index contributed by atoms with van der Waals surface area (Å²) in [6.07, 6.45) is 0. The Bertz CT molecular complexity index is 421. The number of hydrogen-bond acceptors (Lipinski definition) is 2. The Morgan fingerprint density at radius 1 is 1.18 bits per heavy atom. The normalized spacial score (nSPS) is 10.7. The maximum Gasteiger partial charge on any atom is 0.238 e. The summed E-state index contributed by atoms with van der Waals surface area (Å²) < 4.78 is 38.6. The lowest BCUT2D eigenvalue weighted by Gasteiger charge is -2.09. The van der Waals surface area contributed by atoms with Gasteiger partial charge in [0.1, 0.15) is 5.82 Å². The van der Waals surface area contributed by atoms with Crippen LogP contribution in [0, 0.1) is 17.5 Å². The van der Waals surface area contributed by atoms with Gasteiger partial charge in [-0.25, -0.2) is 13.2 Å². The highest BCUT2D eigenvalue weighted by atomic mass is 19.2. The second-order valence-electron chi connectivity index (χ2n) is 3.83. The van der Waals surface area contributed by atoms with Crippen molar-refractivity contribution in [3.63, 3.8) is 0 Å². The molecule has 0 bridgehead atoms. The quantitative estimate of drug-likeness (QED) is 0.798. The largest absolute Gasteiger partial charge is 0.322 e. The van der Waals surface area contributed by atoms with Crippen LogP contribution in [0.2, 0.25) is 0 Å². The Kier molecular flexibility index (Phi) is 4.51. The second-order valence-corrected chi connectivity index (χ2v) is 3.83. The van der Waals surface area contributed by atoms with Crippen LogP contribution in [0.4, 0.5) is 18.9 Å². The summed E-state index contributed by atoms with van der Waals surface area (Å²) in [5.74, 6) is -4.04. The Morgan fingerprint density at radius 3 is 2.35 bits per heavy atom. The van der Waals surface area contributed by atoms with Gasteiger partial charge in [-0.3, -0.25) is 4.79 Å². The molecule has 2 N–H and O–H groups in total. The van der Waals surface area contributed by atoms with Gasteiger partial charge < -0.3 is 10.6 Å². The van der Waals surface area contributed by atoms with Gasteiger partial charge in [0.25, 0.3) is 0 Å². The van der Waals surface area contributed by atoms with E-state index in [1.165, 1.54) is 0 Å². The maximum absolute atomic E-state index is 13.1. The van der Waals surface area contributed by atoms with Gasteiger partial charge in [0.15, 0.2) is 11.6 Å². The summed E-state index contributed by atoms with van der Waals surface area (Å²) in [6, 6.07) is 1.09. The van der Waals surface area contributed by atoms with E-state index in [1.807, 2.05) is 13.8 Å². The molecule has 0 heterocycles. The fraction of sp³-hybridized carbons (Fsp3) is 0.364. The molecule has 6 heteroatoms. The number of anilines is 1. The van der Waals surface area contributed by atoms with Gasteiger partial charge in [-0.05, 0) is 0 Å². The molecule has 94 valence electrons. The van der Waals surface area contributed by atoms with Crippen LogP contribution in [0.1, 0.15) is 13.8 Å². The first kappa shape index (κ1) is 13.5. The molecule has 0 spiro atoms. The smallest absolute Gasteiger partial charge is 0.238 e. The first-order chi connectivity index (χ1) is 7.90.